The highest BCUT2D eigenvalue weighted by Gasteiger charge is 2.46. The van der Waals surface area contributed by atoms with Crippen molar-refractivity contribution in [1.29, 1.82) is 0 Å². The van der Waals surface area contributed by atoms with Crippen LogP contribution < -0.4 is 10.2 Å². The first-order valence-corrected chi connectivity index (χ1v) is 9.57. The molecule has 1 aromatic heterocycles. The molecule has 0 bridgehead atoms. The van der Waals surface area contributed by atoms with Crippen molar-refractivity contribution >= 4 is 29.2 Å². The number of benzene rings is 2. The number of nitrogens with one attached hydrogen (secondary N) is 1. The first-order chi connectivity index (χ1) is 14.6. The number of nitrogens with zero attached hydrogens (tertiary/aromatic N) is 3. The molecule has 1 atom stereocenters. The number of hydrogen-bond donors (Lipinski definition) is 1. The van der Waals surface area contributed by atoms with Crippen LogP contribution >= 0.6 is 0 Å². The zero-order valence-corrected chi connectivity index (χ0v) is 16.1. The van der Waals surface area contributed by atoms with Crippen molar-refractivity contribution in [2.24, 2.45) is 0 Å². The van der Waals surface area contributed by atoms with Gasteiger partial charge in [0.15, 0.2) is 0 Å². The third kappa shape index (κ3) is 4.05. The summed E-state index contributed by atoms with van der Waals surface area (Å²) in [5, 5.41) is 2.78. The Hall–Kier alpha value is -4.00. The number of anilines is 2. The standard InChI is InChI=1S/C23H20N4O3/c28-21(25-18-9-3-1-4-10-18)14-20-22(29)27(19-11-5-2-6-12-19)23(30)26(20)16-17-8-7-13-24-15-17/h1-13,15,20H,14,16H2,(H,25,28)/t20-/m0/s1. The van der Waals surface area contributed by atoms with E-state index in [0.717, 1.165) is 10.5 Å². The first kappa shape index (κ1) is 19.3. The van der Waals surface area contributed by atoms with Crippen LogP contribution in [0.25, 0.3) is 0 Å². The van der Waals surface area contributed by atoms with Gasteiger partial charge in [-0.3, -0.25) is 14.6 Å². The largest absolute Gasteiger partial charge is 0.332 e. The second-order valence-corrected chi connectivity index (χ2v) is 6.92. The SMILES string of the molecule is O=C(C[C@H]1C(=O)N(c2ccccc2)C(=O)N1Cc1cccnc1)Nc1ccccc1. The predicted molar refractivity (Wildman–Crippen MR) is 113 cm³/mol. The van der Waals surface area contributed by atoms with E-state index in [1.54, 1.807) is 54.9 Å². The van der Waals surface area contributed by atoms with Gasteiger partial charge in [-0.15, -0.1) is 0 Å². The molecule has 1 aliphatic rings. The molecule has 1 aliphatic heterocycles. The van der Waals surface area contributed by atoms with E-state index in [9.17, 15) is 14.4 Å². The fourth-order valence-electron chi connectivity index (χ4n) is 3.43. The van der Waals surface area contributed by atoms with Gasteiger partial charge in [-0.1, -0.05) is 42.5 Å². The predicted octanol–water partition coefficient (Wildman–Crippen LogP) is 3.45. The smallest absolute Gasteiger partial charge is 0.326 e. The maximum absolute atomic E-state index is 13.2. The highest BCUT2D eigenvalue weighted by molar-refractivity contribution is 6.22. The van der Waals surface area contributed by atoms with Crippen molar-refractivity contribution in [1.82, 2.24) is 9.88 Å². The molecule has 2 aromatic carbocycles. The highest BCUT2D eigenvalue weighted by atomic mass is 16.2. The Morgan fingerprint density at radius 1 is 0.933 bits per heavy atom. The summed E-state index contributed by atoms with van der Waals surface area (Å²) in [6, 6.07) is 20.0. The topological polar surface area (TPSA) is 82.6 Å². The third-order valence-electron chi connectivity index (χ3n) is 4.85. The second kappa shape index (κ2) is 8.57. The van der Waals surface area contributed by atoms with Gasteiger partial charge in [0.2, 0.25) is 5.91 Å². The highest BCUT2D eigenvalue weighted by Crippen LogP contribution is 2.28. The average molecular weight is 400 g/mol. The summed E-state index contributed by atoms with van der Waals surface area (Å²) < 4.78 is 0. The van der Waals surface area contributed by atoms with E-state index in [2.05, 4.69) is 10.3 Å². The van der Waals surface area contributed by atoms with E-state index in [1.807, 2.05) is 30.3 Å². The molecular formula is C23H20N4O3. The maximum Gasteiger partial charge on any atom is 0.332 e. The van der Waals surface area contributed by atoms with Crippen LogP contribution in [-0.2, 0) is 16.1 Å². The lowest BCUT2D eigenvalue weighted by atomic mass is 10.1. The molecule has 7 nitrogen and oxygen atoms in total. The number of hydrogen-bond acceptors (Lipinski definition) is 4. The number of para-hydroxylation sites is 2. The lowest BCUT2D eigenvalue weighted by molar-refractivity contribution is -0.124. The fraction of sp³-hybridized carbons (Fsp3) is 0.130. The number of carbonyl (C=O) groups is 3. The molecule has 0 aliphatic carbocycles. The summed E-state index contributed by atoms with van der Waals surface area (Å²) in [7, 11) is 0. The van der Waals surface area contributed by atoms with Crippen LogP contribution in [0.1, 0.15) is 12.0 Å². The summed E-state index contributed by atoms with van der Waals surface area (Å²) in [4.78, 5) is 45.6. The number of rotatable bonds is 6. The molecule has 0 unspecified atom stereocenters. The van der Waals surface area contributed by atoms with Gasteiger partial charge in [-0.25, -0.2) is 9.69 Å². The van der Waals surface area contributed by atoms with Crippen LogP contribution in [0, 0.1) is 0 Å². The Bertz CT molecular complexity index is 1040. The van der Waals surface area contributed by atoms with Crippen LogP contribution in [0.2, 0.25) is 0 Å². The average Bonchev–Trinajstić information content (AvgIpc) is 2.99. The third-order valence-corrected chi connectivity index (χ3v) is 4.85. The van der Waals surface area contributed by atoms with Gasteiger partial charge in [0, 0.05) is 24.6 Å². The monoisotopic (exact) mass is 400 g/mol. The normalized spacial score (nSPS) is 16.1. The zero-order valence-electron chi connectivity index (χ0n) is 16.1. The summed E-state index contributed by atoms with van der Waals surface area (Å²) in [5.74, 6) is -0.753. The lowest BCUT2D eigenvalue weighted by Gasteiger charge is -2.21. The van der Waals surface area contributed by atoms with Gasteiger partial charge in [-0.2, -0.15) is 0 Å². The lowest BCUT2D eigenvalue weighted by Crippen LogP contribution is -2.37. The van der Waals surface area contributed by atoms with E-state index in [0.29, 0.717) is 11.4 Å². The van der Waals surface area contributed by atoms with Crippen LogP contribution in [-0.4, -0.2) is 33.8 Å². The molecule has 0 spiro atoms. The molecule has 150 valence electrons. The second-order valence-electron chi connectivity index (χ2n) is 6.92. The first-order valence-electron chi connectivity index (χ1n) is 9.57. The summed E-state index contributed by atoms with van der Waals surface area (Å²) in [5.41, 5.74) is 1.90. The Balaban J connectivity index is 1.59. The van der Waals surface area contributed by atoms with Crippen molar-refractivity contribution in [3.63, 3.8) is 0 Å². The Morgan fingerprint density at radius 3 is 2.30 bits per heavy atom. The van der Waals surface area contributed by atoms with E-state index < -0.39 is 18.0 Å². The number of imide groups is 1. The molecule has 1 saturated heterocycles. The Kier molecular flexibility index (Phi) is 5.52. The van der Waals surface area contributed by atoms with Gasteiger partial charge < -0.3 is 10.2 Å². The molecule has 2 heterocycles. The number of aromatic nitrogens is 1. The summed E-state index contributed by atoms with van der Waals surface area (Å²) in [6.45, 7) is 0.186. The minimum Gasteiger partial charge on any atom is -0.326 e. The van der Waals surface area contributed by atoms with E-state index >= 15 is 0 Å². The van der Waals surface area contributed by atoms with Gasteiger partial charge in [-0.05, 0) is 35.9 Å². The number of amides is 4. The number of pyridine rings is 1. The van der Waals surface area contributed by atoms with Crippen molar-refractivity contribution in [2.45, 2.75) is 19.0 Å². The maximum atomic E-state index is 13.2. The van der Waals surface area contributed by atoms with E-state index in [-0.39, 0.29) is 18.9 Å². The molecule has 1 fully saturated rings. The van der Waals surface area contributed by atoms with Crippen LogP contribution in [0.15, 0.2) is 85.2 Å². The molecule has 0 saturated carbocycles. The van der Waals surface area contributed by atoms with Crippen molar-refractivity contribution in [3.8, 4) is 0 Å². The van der Waals surface area contributed by atoms with Gasteiger partial charge in [0.05, 0.1) is 12.1 Å². The quantitative estimate of drug-likeness (QED) is 0.643. The Morgan fingerprint density at radius 2 is 1.63 bits per heavy atom. The molecule has 4 amide bonds. The van der Waals surface area contributed by atoms with E-state index in [4.69, 9.17) is 0 Å². The Labute approximate surface area is 174 Å². The fourth-order valence-corrected chi connectivity index (χ4v) is 3.43. The molecular weight excluding hydrogens is 380 g/mol. The molecule has 7 heteroatoms. The van der Waals surface area contributed by atoms with Crippen LogP contribution in [0.4, 0.5) is 16.2 Å². The van der Waals surface area contributed by atoms with Crippen molar-refractivity contribution in [2.75, 3.05) is 10.2 Å². The van der Waals surface area contributed by atoms with E-state index in [1.165, 1.54) is 4.90 Å². The van der Waals surface area contributed by atoms with Gasteiger partial charge in [0.1, 0.15) is 6.04 Å². The van der Waals surface area contributed by atoms with Crippen molar-refractivity contribution < 1.29 is 14.4 Å². The van der Waals surface area contributed by atoms with Crippen LogP contribution in [0.3, 0.4) is 0 Å². The molecule has 0 radical (unpaired) electrons. The molecule has 30 heavy (non-hydrogen) atoms. The zero-order chi connectivity index (χ0) is 20.9. The number of urea groups is 1. The minimum absolute atomic E-state index is 0.136. The van der Waals surface area contributed by atoms with Gasteiger partial charge in [0.25, 0.3) is 5.91 Å². The minimum atomic E-state index is -0.901. The van der Waals surface area contributed by atoms with Gasteiger partial charge >= 0.3 is 6.03 Å². The molecule has 4 rings (SSSR count). The van der Waals surface area contributed by atoms with Crippen LogP contribution in [0.5, 0.6) is 0 Å². The van der Waals surface area contributed by atoms with Crippen molar-refractivity contribution in [3.05, 3.63) is 90.8 Å². The summed E-state index contributed by atoms with van der Waals surface area (Å²) in [6.07, 6.45) is 3.15. The molecule has 1 N–H and O–H groups in total. The number of carbonyl (C=O) groups excluding carboxylic acids is 3. The summed E-state index contributed by atoms with van der Waals surface area (Å²) >= 11 is 0. The molecule has 3 aromatic rings.